The number of carbonyl (C=O) groups is 1. The van der Waals surface area contributed by atoms with Gasteiger partial charge in [-0.3, -0.25) is 9.78 Å². The van der Waals surface area contributed by atoms with Crippen LogP contribution in [0, 0.1) is 5.82 Å². The summed E-state index contributed by atoms with van der Waals surface area (Å²) in [5, 5.41) is 0. The molecule has 1 aromatic carbocycles. The van der Waals surface area contributed by atoms with Gasteiger partial charge >= 0.3 is 6.18 Å². The van der Waals surface area contributed by atoms with E-state index in [0.717, 1.165) is 12.1 Å². The number of anilines is 1. The maximum absolute atomic E-state index is 13.4. The Bertz CT molecular complexity index is 1080. The highest BCUT2D eigenvalue weighted by atomic mass is 19.4. The molecule has 0 atom stereocenters. The van der Waals surface area contributed by atoms with Gasteiger partial charge in [-0.15, -0.1) is 0 Å². The largest absolute Gasteiger partial charge is 0.433 e. The van der Waals surface area contributed by atoms with Gasteiger partial charge in [-0.2, -0.15) is 13.2 Å². The molecule has 10 heteroatoms. The molecule has 3 heterocycles. The van der Waals surface area contributed by atoms with Crippen LogP contribution in [0.3, 0.4) is 0 Å². The van der Waals surface area contributed by atoms with Crippen molar-refractivity contribution in [2.45, 2.75) is 6.18 Å². The standard InChI is InChI=1S/C21H17F4N5O/c22-16-3-1-2-15(12-16)20(31)30-10-8-29(9-11-30)18-13-17(21(23,24)25)27-19(28-18)14-4-6-26-7-5-14/h1-7,12-13H,8-11H2. The first-order valence-corrected chi connectivity index (χ1v) is 9.48. The second-order valence-corrected chi connectivity index (χ2v) is 6.96. The molecule has 4 rings (SSSR count). The molecule has 0 N–H and O–H groups in total. The number of hydrogen-bond acceptors (Lipinski definition) is 5. The molecule has 31 heavy (non-hydrogen) atoms. The number of benzene rings is 1. The number of aromatic nitrogens is 3. The minimum absolute atomic E-state index is 0.0505. The number of carbonyl (C=O) groups excluding carboxylic acids is 1. The molecule has 0 spiro atoms. The number of pyridine rings is 1. The van der Waals surface area contributed by atoms with Gasteiger partial charge < -0.3 is 9.80 Å². The summed E-state index contributed by atoms with van der Waals surface area (Å²) in [5.74, 6) is -0.749. The van der Waals surface area contributed by atoms with Crippen molar-refractivity contribution in [3.63, 3.8) is 0 Å². The summed E-state index contributed by atoms with van der Waals surface area (Å²) in [7, 11) is 0. The van der Waals surface area contributed by atoms with Crippen LogP contribution in [0.4, 0.5) is 23.4 Å². The average molecular weight is 431 g/mol. The lowest BCUT2D eigenvalue weighted by Gasteiger charge is -2.35. The zero-order valence-corrected chi connectivity index (χ0v) is 16.2. The van der Waals surface area contributed by atoms with E-state index in [1.54, 1.807) is 9.80 Å². The molecule has 1 amide bonds. The number of alkyl halides is 3. The Morgan fingerprint density at radius 2 is 1.65 bits per heavy atom. The van der Waals surface area contributed by atoms with Crippen molar-refractivity contribution in [1.29, 1.82) is 0 Å². The van der Waals surface area contributed by atoms with Gasteiger partial charge in [-0.05, 0) is 30.3 Å². The molecular formula is C21H17F4N5O. The van der Waals surface area contributed by atoms with E-state index in [9.17, 15) is 22.4 Å². The number of piperazine rings is 1. The maximum Gasteiger partial charge on any atom is 0.433 e. The van der Waals surface area contributed by atoms with Gasteiger partial charge in [0.2, 0.25) is 0 Å². The zero-order valence-electron chi connectivity index (χ0n) is 16.2. The fraction of sp³-hybridized carbons (Fsp3) is 0.238. The molecule has 0 aliphatic carbocycles. The summed E-state index contributed by atoms with van der Waals surface area (Å²) in [5.41, 5.74) is -0.389. The SMILES string of the molecule is O=C(c1cccc(F)c1)N1CCN(c2cc(C(F)(F)F)nc(-c3ccncc3)n2)CC1. The van der Waals surface area contributed by atoms with E-state index >= 15 is 0 Å². The topological polar surface area (TPSA) is 62.2 Å². The van der Waals surface area contributed by atoms with Crippen LogP contribution >= 0.6 is 0 Å². The summed E-state index contributed by atoms with van der Waals surface area (Å²) in [6.45, 7) is 1.10. The van der Waals surface area contributed by atoms with Crippen LogP contribution in [0.2, 0.25) is 0 Å². The number of hydrogen-bond donors (Lipinski definition) is 0. The zero-order chi connectivity index (χ0) is 22.0. The second kappa shape index (κ2) is 8.29. The number of rotatable bonds is 3. The molecule has 0 unspecified atom stereocenters. The fourth-order valence-corrected chi connectivity index (χ4v) is 3.31. The quantitative estimate of drug-likeness (QED) is 0.593. The van der Waals surface area contributed by atoms with Gasteiger partial charge in [0.15, 0.2) is 11.5 Å². The van der Waals surface area contributed by atoms with Crippen LogP contribution in [0.25, 0.3) is 11.4 Å². The fourth-order valence-electron chi connectivity index (χ4n) is 3.31. The first kappa shape index (κ1) is 20.7. The highest BCUT2D eigenvalue weighted by Gasteiger charge is 2.35. The molecule has 1 aliphatic heterocycles. The van der Waals surface area contributed by atoms with Crippen LogP contribution in [0.1, 0.15) is 16.1 Å². The van der Waals surface area contributed by atoms with E-state index in [2.05, 4.69) is 15.0 Å². The van der Waals surface area contributed by atoms with Crippen LogP contribution in [-0.4, -0.2) is 51.9 Å². The molecule has 1 saturated heterocycles. The van der Waals surface area contributed by atoms with Crippen molar-refractivity contribution in [2.75, 3.05) is 31.1 Å². The number of amides is 1. The average Bonchev–Trinajstić information content (AvgIpc) is 2.78. The van der Waals surface area contributed by atoms with Gasteiger partial charge in [0, 0.05) is 55.8 Å². The van der Waals surface area contributed by atoms with E-state index in [0.29, 0.717) is 5.56 Å². The third-order valence-corrected chi connectivity index (χ3v) is 4.90. The lowest BCUT2D eigenvalue weighted by atomic mass is 10.1. The Balaban J connectivity index is 1.56. The Kier molecular flexibility index (Phi) is 5.53. The molecular weight excluding hydrogens is 414 g/mol. The third-order valence-electron chi connectivity index (χ3n) is 4.90. The molecule has 3 aromatic rings. The third kappa shape index (κ3) is 4.62. The Morgan fingerprint density at radius 1 is 0.935 bits per heavy atom. The van der Waals surface area contributed by atoms with E-state index in [4.69, 9.17) is 0 Å². The molecule has 0 bridgehead atoms. The van der Waals surface area contributed by atoms with Gasteiger partial charge in [-0.25, -0.2) is 14.4 Å². The van der Waals surface area contributed by atoms with Gasteiger partial charge in [0.1, 0.15) is 11.6 Å². The van der Waals surface area contributed by atoms with Crippen LogP contribution in [0.5, 0.6) is 0 Å². The normalized spacial score (nSPS) is 14.6. The highest BCUT2D eigenvalue weighted by molar-refractivity contribution is 5.94. The lowest BCUT2D eigenvalue weighted by Crippen LogP contribution is -2.49. The van der Waals surface area contributed by atoms with Crippen molar-refractivity contribution >= 4 is 11.7 Å². The van der Waals surface area contributed by atoms with Crippen molar-refractivity contribution in [3.05, 3.63) is 71.9 Å². The first-order chi connectivity index (χ1) is 14.8. The number of halogens is 4. The molecule has 1 aliphatic rings. The highest BCUT2D eigenvalue weighted by Crippen LogP contribution is 2.32. The first-order valence-electron chi connectivity index (χ1n) is 9.48. The van der Waals surface area contributed by atoms with E-state index in [1.165, 1.54) is 42.7 Å². The predicted molar refractivity (Wildman–Crippen MR) is 105 cm³/mol. The summed E-state index contributed by atoms with van der Waals surface area (Å²) >= 11 is 0. The second-order valence-electron chi connectivity index (χ2n) is 6.96. The Labute approximate surface area is 175 Å². The lowest BCUT2D eigenvalue weighted by molar-refractivity contribution is -0.141. The molecule has 0 radical (unpaired) electrons. The molecule has 160 valence electrons. The maximum atomic E-state index is 13.4. The minimum Gasteiger partial charge on any atom is -0.353 e. The van der Waals surface area contributed by atoms with Crippen LogP contribution in [-0.2, 0) is 6.18 Å². The van der Waals surface area contributed by atoms with Crippen molar-refractivity contribution in [2.24, 2.45) is 0 Å². The summed E-state index contributed by atoms with van der Waals surface area (Å²) in [6, 6.07) is 9.38. The minimum atomic E-state index is -4.63. The Hall–Kier alpha value is -3.56. The van der Waals surface area contributed by atoms with E-state index < -0.39 is 17.7 Å². The van der Waals surface area contributed by atoms with Crippen molar-refractivity contribution in [1.82, 2.24) is 19.9 Å². The monoisotopic (exact) mass is 431 g/mol. The predicted octanol–water partition coefficient (Wildman–Crippen LogP) is 3.66. The van der Waals surface area contributed by atoms with Gasteiger partial charge in [0.25, 0.3) is 5.91 Å². The molecule has 0 saturated carbocycles. The molecule has 1 fully saturated rings. The van der Waals surface area contributed by atoms with Gasteiger partial charge in [0.05, 0.1) is 0 Å². The molecule has 2 aromatic heterocycles. The van der Waals surface area contributed by atoms with Crippen molar-refractivity contribution < 1.29 is 22.4 Å². The van der Waals surface area contributed by atoms with Crippen molar-refractivity contribution in [3.8, 4) is 11.4 Å². The van der Waals surface area contributed by atoms with Crippen LogP contribution in [0.15, 0.2) is 54.9 Å². The summed E-state index contributed by atoms with van der Waals surface area (Å²) in [6.07, 6.45) is -1.72. The van der Waals surface area contributed by atoms with E-state index in [1.807, 2.05) is 0 Å². The van der Waals surface area contributed by atoms with Crippen LogP contribution < -0.4 is 4.90 Å². The summed E-state index contributed by atoms with van der Waals surface area (Å²) < 4.78 is 53.6. The summed E-state index contributed by atoms with van der Waals surface area (Å²) in [4.78, 5) is 27.6. The number of nitrogens with zero attached hydrogens (tertiary/aromatic N) is 5. The van der Waals surface area contributed by atoms with E-state index in [-0.39, 0.29) is 49.3 Å². The molecule has 6 nitrogen and oxygen atoms in total. The smallest absolute Gasteiger partial charge is 0.353 e. The Morgan fingerprint density at radius 3 is 2.29 bits per heavy atom. The van der Waals surface area contributed by atoms with Gasteiger partial charge in [-0.1, -0.05) is 6.07 Å².